The third-order valence-corrected chi connectivity index (χ3v) is 3.97. The summed E-state index contributed by atoms with van der Waals surface area (Å²) in [6.07, 6.45) is 18.8. The van der Waals surface area contributed by atoms with Gasteiger partial charge in [-0.05, 0) is 38.5 Å². The Morgan fingerprint density at radius 1 is 0.720 bits per heavy atom. The summed E-state index contributed by atoms with van der Waals surface area (Å²) in [7, 11) is 2.87. The van der Waals surface area contributed by atoms with Gasteiger partial charge >= 0.3 is 11.9 Å². The van der Waals surface area contributed by atoms with Crippen molar-refractivity contribution in [3.05, 3.63) is 12.3 Å². The maximum atomic E-state index is 10.9. The average Bonchev–Trinajstić information content (AvgIpc) is 2.63. The van der Waals surface area contributed by atoms with Crippen LogP contribution in [0.15, 0.2) is 17.3 Å². The zero-order valence-electron chi connectivity index (χ0n) is 16.0. The van der Waals surface area contributed by atoms with Crippen molar-refractivity contribution >= 4 is 18.2 Å². The maximum absolute atomic E-state index is 10.9. The molecular weight excluding hydrogens is 318 g/mol. The number of aliphatic imine (C=N–C) groups is 1. The lowest BCUT2D eigenvalue weighted by molar-refractivity contribution is -0.141. The molecule has 0 atom stereocenters. The molecule has 0 saturated carbocycles. The summed E-state index contributed by atoms with van der Waals surface area (Å²) < 4.78 is 9.21. The van der Waals surface area contributed by atoms with E-state index in [0.717, 1.165) is 51.4 Å². The van der Waals surface area contributed by atoms with E-state index >= 15 is 0 Å². The van der Waals surface area contributed by atoms with E-state index in [0.29, 0.717) is 12.8 Å². The third-order valence-electron chi connectivity index (χ3n) is 3.97. The maximum Gasteiger partial charge on any atom is 0.305 e. The number of esters is 2. The Balaban J connectivity index is 3.27. The summed E-state index contributed by atoms with van der Waals surface area (Å²) in [5.74, 6) is -0.227. The Labute approximate surface area is 152 Å². The smallest absolute Gasteiger partial charge is 0.305 e. The molecule has 0 fully saturated rings. The van der Waals surface area contributed by atoms with Crippen LogP contribution in [0.2, 0.25) is 0 Å². The molecule has 0 heterocycles. The Morgan fingerprint density at radius 2 is 1.20 bits per heavy atom. The van der Waals surface area contributed by atoms with E-state index in [1.165, 1.54) is 33.5 Å². The number of carbonyl (C=O) groups is 2. The molecule has 5 heteroatoms. The lowest BCUT2D eigenvalue weighted by Crippen LogP contribution is -1.99. The number of hydrogen-bond donors (Lipinski definition) is 0. The first-order valence-corrected chi connectivity index (χ1v) is 9.51. The topological polar surface area (TPSA) is 65.0 Å². The van der Waals surface area contributed by atoms with Crippen molar-refractivity contribution < 1.29 is 19.1 Å². The monoisotopic (exact) mass is 353 g/mol. The lowest BCUT2D eigenvalue weighted by atomic mass is 10.1. The van der Waals surface area contributed by atoms with Crippen LogP contribution in [0, 0.1) is 0 Å². The number of unbranched alkanes of at least 4 members (excludes halogenated alkanes) is 9. The van der Waals surface area contributed by atoms with Crippen molar-refractivity contribution in [1.29, 1.82) is 0 Å². The van der Waals surface area contributed by atoms with Gasteiger partial charge in [-0.1, -0.05) is 38.2 Å². The van der Waals surface area contributed by atoms with Crippen LogP contribution >= 0.6 is 0 Å². The number of ether oxygens (including phenoxy) is 2. The fourth-order valence-electron chi connectivity index (χ4n) is 2.40. The van der Waals surface area contributed by atoms with E-state index in [9.17, 15) is 9.59 Å². The van der Waals surface area contributed by atoms with Gasteiger partial charge in [-0.3, -0.25) is 14.6 Å². The van der Waals surface area contributed by atoms with Gasteiger partial charge in [0.15, 0.2) is 0 Å². The molecule has 0 aromatic heterocycles. The van der Waals surface area contributed by atoms with E-state index in [1.807, 2.05) is 12.4 Å². The SMILES string of the molecule is COC(=O)CCCCCCC=N/C=C\CCCCCCCC(=O)OC. The van der Waals surface area contributed by atoms with Crippen molar-refractivity contribution in [2.24, 2.45) is 4.99 Å². The Bertz CT molecular complexity index is 391. The number of hydrogen-bond acceptors (Lipinski definition) is 5. The van der Waals surface area contributed by atoms with E-state index in [2.05, 4.69) is 20.5 Å². The van der Waals surface area contributed by atoms with Crippen molar-refractivity contribution in [1.82, 2.24) is 0 Å². The van der Waals surface area contributed by atoms with Gasteiger partial charge in [0.05, 0.1) is 14.2 Å². The highest BCUT2D eigenvalue weighted by Crippen LogP contribution is 2.08. The quantitative estimate of drug-likeness (QED) is 0.223. The molecule has 0 radical (unpaired) electrons. The molecule has 25 heavy (non-hydrogen) atoms. The molecule has 0 unspecified atom stereocenters. The summed E-state index contributed by atoms with van der Waals surface area (Å²) in [6, 6.07) is 0. The molecule has 0 spiro atoms. The van der Waals surface area contributed by atoms with Crippen molar-refractivity contribution in [2.75, 3.05) is 14.2 Å². The van der Waals surface area contributed by atoms with Gasteiger partial charge in [0.25, 0.3) is 0 Å². The van der Waals surface area contributed by atoms with Gasteiger partial charge in [-0.25, -0.2) is 0 Å². The normalized spacial score (nSPS) is 11.3. The standard InChI is InChI=1S/C20H35NO4/c1-24-19(22)15-11-7-4-3-5-9-13-17-21-18-14-10-6-8-12-16-20(23)25-2/h13,17-18H,3-12,14-16H2,1-2H3/b17-13-,21-18?. The van der Waals surface area contributed by atoms with Crippen molar-refractivity contribution in [3.63, 3.8) is 0 Å². The number of allylic oxidation sites excluding steroid dienone is 1. The number of nitrogens with zero attached hydrogens (tertiary/aromatic N) is 1. The van der Waals surface area contributed by atoms with Crippen molar-refractivity contribution in [3.8, 4) is 0 Å². The first kappa shape index (κ1) is 23.4. The molecule has 5 nitrogen and oxygen atoms in total. The van der Waals surface area contributed by atoms with Crippen LogP contribution in [0.3, 0.4) is 0 Å². The molecule has 0 N–H and O–H groups in total. The largest absolute Gasteiger partial charge is 0.469 e. The minimum absolute atomic E-state index is 0.109. The summed E-state index contributed by atoms with van der Waals surface area (Å²) in [6.45, 7) is 0. The van der Waals surface area contributed by atoms with Gasteiger partial charge in [-0.2, -0.15) is 0 Å². The molecule has 144 valence electrons. The van der Waals surface area contributed by atoms with Gasteiger partial charge in [0, 0.05) is 25.3 Å². The second-order valence-electron chi connectivity index (χ2n) is 6.13. The molecule has 0 saturated heterocycles. The predicted molar refractivity (Wildman–Crippen MR) is 102 cm³/mol. The fraction of sp³-hybridized carbons (Fsp3) is 0.750. The Kier molecular flexibility index (Phi) is 17.5. The molecule has 0 aromatic carbocycles. The zero-order valence-corrected chi connectivity index (χ0v) is 16.0. The second-order valence-corrected chi connectivity index (χ2v) is 6.13. The average molecular weight is 354 g/mol. The van der Waals surface area contributed by atoms with Crippen LogP contribution in [0.1, 0.15) is 83.5 Å². The lowest BCUT2D eigenvalue weighted by Gasteiger charge is -1.99. The zero-order chi connectivity index (χ0) is 18.6. The minimum atomic E-state index is -0.118. The van der Waals surface area contributed by atoms with Crippen LogP contribution in [0.25, 0.3) is 0 Å². The Morgan fingerprint density at radius 3 is 1.76 bits per heavy atom. The van der Waals surface area contributed by atoms with Crippen LogP contribution < -0.4 is 0 Å². The highest BCUT2D eigenvalue weighted by Gasteiger charge is 1.99. The van der Waals surface area contributed by atoms with Gasteiger partial charge in [0.2, 0.25) is 0 Å². The summed E-state index contributed by atoms with van der Waals surface area (Å²) in [4.78, 5) is 26.1. The number of rotatable bonds is 16. The second kappa shape index (κ2) is 18.7. The van der Waals surface area contributed by atoms with E-state index < -0.39 is 0 Å². The van der Waals surface area contributed by atoms with Crippen LogP contribution in [0.5, 0.6) is 0 Å². The first-order valence-electron chi connectivity index (χ1n) is 9.51. The van der Waals surface area contributed by atoms with E-state index in [4.69, 9.17) is 0 Å². The number of methoxy groups -OCH3 is 2. The van der Waals surface area contributed by atoms with Crippen LogP contribution in [0.4, 0.5) is 0 Å². The van der Waals surface area contributed by atoms with E-state index in [-0.39, 0.29) is 11.9 Å². The van der Waals surface area contributed by atoms with Gasteiger partial charge in [0.1, 0.15) is 0 Å². The molecule has 0 aliphatic carbocycles. The highest BCUT2D eigenvalue weighted by atomic mass is 16.5. The Hall–Kier alpha value is -1.65. The fourth-order valence-corrected chi connectivity index (χ4v) is 2.40. The first-order chi connectivity index (χ1) is 12.2. The summed E-state index contributed by atoms with van der Waals surface area (Å²) in [5, 5.41) is 0. The highest BCUT2D eigenvalue weighted by molar-refractivity contribution is 5.69. The molecule has 0 amide bonds. The van der Waals surface area contributed by atoms with E-state index in [1.54, 1.807) is 0 Å². The predicted octanol–water partition coefficient (Wildman–Crippen LogP) is 4.99. The molecular formula is C20H35NO4. The molecule has 0 aromatic rings. The van der Waals surface area contributed by atoms with Crippen molar-refractivity contribution in [2.45, 2.75) is 83.5 Å². The molecule has 0 rings (SSSR count). The summed E-state index contributed by atoms with van der Waals surface area (Å²) >= 11 is 0. The minimum Gasteiger partial charge on any atom is -0.469 e. The van der Waals surface area contributed by atoms with Gasteiger partial charge in [-0.15, -0.1) is 0 Å². The number of carbonyl (C=O) groups excluding carboxylic acids is 2. The molecule has 0 bridgehead atoms. The van der Waals surface area contributed by atoms with Crippen LogP contribution in [-0.2, 0) is 19.1 Å². The molecule has 0 aliphatic heterocycles. The van der Waals surface area contributed by atoms with Crippen LogP contribution in [-0.4, -0.2) is 32.4 Å². The third kappa shape index (κ3) is 18.5. The van der Waals surface area contributed by atoms with Gasteiger partial charge < -0.3 is 9.47 Å². The molecule has 0 aliphatic rings. The summed E-state index contributed by atoms with van der Waals surface area (Å²) in [5.41, 5.74) is 0.